The minimum absolute atomic E-state index is 0.119. The standard InChI is InChI=1S/C21H20N2O3/c1-14-10-11-17(13-18(14)23-21(25)19-9-6-12-26-19)20(24)22-15(2)16-7-4-3-5-8-16/h3-13,15H,1-2H3,(H,22,24)(H,23,25)/t15-/m0/s1. The lowest BCUT2D eigenvalue weighted by atomic mass is 10.1. The van der Waals surface area contributed by atoms with Gasteiger partial charge in [0.25, 0.3) is 11.8 Å². The summed E-state index contributed by atoms with van der Waals surface area (Å²) in [6.07, 6.45) is 1.44. The molecule has 3 aromatic rings. The Hall–Kier alpha value is -3.34. The van der Waals surface area contributed by atoms with Crippen LogP contribution in [-0.2, 0) is 0 Å². The van der Waals surface area contributed by atoms with Crippen LogP contribution in [0.2, 0.25) is 0 Å². The van der Waals surface area contributed by atoms with Crippen molar-refractivity contribution in [3.8, 4) is 0 Å². The second-order valence-corrected chi connectivity index (χ2v) is 6.07. The molecule has 0 saturated heterocycles. The number of benzene rings is 2. The Morgan fingerprint density at radius 3 is 2.42 bits per heavy atom. The van der Waals surface area contributed by atoms with Crippen molar-refractivity contribution in [2.45, 2.75) is 19.9 Å². The van der Waals surface area contributed by atoms with E-state index >= 15 is 0 Å². The Morgan fingerprint density at radius 2 is 1.73 bits per heavy atom. The first-order valence-corrected chi connectivity index (χ1v) is 8.36. The maximum Gasteiger partial charge on any atom is 0.291 e. The molecule has 1 heterocycles. The third-order valence-corrected chi connectivity index (χ3v) is 4.14. The molecule has 0 aliphatic heterocycles. The van der Waals surface area contributed by atoms with Crippen LogP contribution in [-0.4, -0.2) is 11.8 Å². The van der Waals surface area contributed by atoms with Gasteiger partial charge in [0.05, 0.1) is 12.3 Å². The molecule has 3 rings (SSSR count). The van der Waals surface area contributed by atoms with Gasteiger partial charge in [-0.1, -0.05) is 36.4 Å². The Labute approximate surface area is 152 Å². The zero-order valence-corrected chi connectivity index (χ0v) is 14.7. The average Bonchev–Trinajstić information content (AvgIpc) is 3.19. The fraction of sp³-hybridized carbons (Fsp3) is 0.143. The first-order valence-electron chi connectivity index (χ1n) is 8.36. The van der Waals surface area contributed by atoms with Crippen LogP contribution in [0.15, 0.2) is 71.3 Å². The topological polar surface area (TPSA) is 71.3 Å². The molecule has 0 fully saturated rings. The van der Waals surface area contributed by atoms with E-state index in [9.17, 15) is 9.59 Å². The van der Waals surface area contributed by atoms with Gasteiger partial charge in [0, 0.05) is 11.3 Å². The fourth-order valence-corrected chi connectivity index (χ4v) is 2.59. The SMILES string of the molecule is Cc1ccc(C(=O)N[C@@H](C)c2ccccc2)cc1NC(=O)c1ccco1. The van der Waals surface area contributed by atoms with E-state index in [1.165, 1.54) is 6.26 Å². The number of carbonyl (C=O) groups is 2. The quantitative estimate of drug-likeness (QED) is 0.721. The van der Waals surface area contributed by atoms with Crippen LogP contribution in [0, 0.1) is 6.92 Å². The summed E-state index contributed by atoms with van der Waals surface area (Å²) in [6, 6.07) is 18.1. The Balaban J connectivity index is 1.74. The zero-order valence-electron chi connectivity index (χ0n) is 14.7. The van der Waals surface area contributed by atoms with Gasteiger partial charge in [-0.3, -0.25) is 9.59 Å². The molecule has 0 radical (unpaired) electrons. The number of rotatable bonds is 5. The fourth-order valence-electron chi connectivity index (χ4n) is 2.59. The van der Waals surface area contributed by atoms with Crippen LogP contribution in [0.3, 0.4) is 0 Å². The summed E-state index contributed by atoms with van der Waals surface area (Å²) >= 11 is 0. The van der Waals surface area contributed by atoms with E-state index in [0.29, 0.717) is 11.3 Å². The average molecular weight is 348 g/mol. The molecule has 132 valence electrons. The maximum absolute atomic E-state index is 12.6. The molecular formula is C21H20N2O3. The maximum atomic E-state index is 12.6. The number of anilines is 1. The largest absolute Gasteiger partial charge is 0.459 e. The van der Waals surface area contributed by atoms with Crippen molar-refractivity contribution in [3.63, 3.8) is 0 Å². The van der Waals surface area contributed by atoms with Crippen molar-refractivity contribution < 1.29 is 14.0 Å². The summed E-state index contributed by atoms with van der Waals surface area (Å²) in [6.45, 7) is 3.80. The van der Waals surface area contributed by atoms with Crippen molar-refractivity contribution in [2.24, 2.45) is 0 Å². The number of nitrogens with one attached hydrogen (secondary N) is 2. The second-order valence-electron chi connectivity index (χ2n) is 6.07. The van der Waals surface area contributed by atoms with E-state index < -0.39 is 0 Å². The highest BCUT2D eigenvalue weighted by Crippen LogP contribution is 2.19. The molecule has 0 aliphatic carbocycles. The number of hydrogen-bond acceptors (Lipinski definition) is 3. The van der Waals surface area contributed by atoms with Crippen LogP contribution in [0.25, 0.3) is 0 Å². The number of aryl methyl sites for hydroxylation is 1. The number of hydrogen-bond donors (Lipinski definition) is 2. The highest BCUT2D eigenvalue weighted by molar-refractivity contribution is 6.04. The van der Waals surface area contributed by atoms with Crippen molar-refractivity contribution in [2.75, 3.05) is 5.32 Å². The minimum Gasteiger partial charge on any atom is -0.459 e. The highest BCUT2D eigenvalue weighted by Gasteiger charge is 2.15. The molecule has 0 unspecified atom stereocenters. The van der Waals surface area contributed by atoms with Crippen LogP contribution in [0.4, 0.5) is 5.69 Å². The zero-order chi connectivity index (χ0) is 18.5. The van der Waals surface area contributed by atoms with E-state index in [1.54, 1.807) is 30.3 Å². The predicted molar refractivity (Wildman–Crippen MR) is 100 cm³/mol. The second kappa shape index (κ2) is 7.70. The molecule has 5 nitrogen and oxygen atoms in total. The smallest absolute Gasteiger partial charge is 0.291 e. The normalized spacial score (nSPS) is 11.6. The van der Waals surface area contributed by atoms with Gasteiger partial charge in [-0.25, -0.2) is 0 Å². The molecule has 1 aromatic heterocycles. The lowest BCUT2D eigenvalue weighted by molar-refractivity contribution is 0.0938. The molecule has 2 aromatic carbocycles. The summed E-state index contributed by atoms with van der Waals surface area (Å²) in [4.78, 5) is 24.7. The summed E-state index contributed by atoms with van der Waals surface area (Å²) in [7, 11) is 0. The summed E-state index contributed by atoms with van der Waals surface area (Å²) in [5, 5.41) is 5.75. The first-order chi connectivity index (χ1) is 12.5. The van der Waals surface area contributed by atoms with Gasteiger partial charge in [-0.05, 0) is 49.2 Å². The van der Waals surface area contributed by atoms with Crippen molar-refractivity contribution in [3.05, 3.63) is 89.4 Å². The molecule has 26 heavy (non-hydrogen) atoms. The van der Waals surface area contributed by atoms with E-state index in [2.05, 4.69) is 10.6 Å². The van der Waals surface area contributed by atoms with Crippen molar-refractivity contribution >= 4 is 17.5 Å². The van der Waals surface area contributed by atoms with Crippen LogP contribution in [0.1, 0.15) is 45.0 Å². The molecule has 2 amide bonds. The molecule has 1 atom stereocenters. The predicted octanol–water partition coefficient (Wildman–Crippen LogP) is 4.33. The highest BCUT2D eigenvalue weighted by atomic mass is 16.3. The number of furan rings is 1. The third-order valence-electron chi connectivity index (χ3n) is 4.14. The monoisotopic (exact) mass is 348 g/mol. The number of carbonyl (C=O) groups excluding carboxylic acids is 2. The lowest BCUT2D eigenvalue weighted by Crippen LogP contribution is -2.26. The first kappa shape index (κ1) is 17.5. The Bertz CT molecular complexity index is 902. The van der Waals surface area contributed by atoms with Gasteiger partial charge in [0.1, 0.15) is 0 Å². The summed E-state index contributed by atoms with van der Waals surface area (Å²) in [5.74, 6) is -0.333. The van der Waals surface area contributed by atoms with Gasteiger partial charge in [-0.15, -0.1) is 0 Å². The molecule has 5 heteroatoms. The van der Waals surface area contributed by atoms with Gasteiger partial charge >= 0.3 is 0 Å². The van der Waals surface area contributed by atoms with Gasteiger partial charge in [0.2, 0.25) is 0 Å². The van der Waals surface area contributed by atoms with Crippen molar-refractivity contribution in [1.29, 1.82) is 0 Å². The summed E-state index contributed by atoms with van der Waals surface area (Å²) in [5.41, 5.74) is 2.94. The van der Waals surface area contributed by atoms with Crippen LogP contribution >= 0.6 is 0 Å². The van der Waals surface area contributed by atoms with Crippen LogP contribution < -0.4 is 10.6 Å². The van der Waals surface area contributed by atoms with Gasteiger partial charge in [-0.2, -0.15) is 0 Å². The molecule has 2 N–H and O–H groups in total. The Kier molecular flexibility index (Phi) is 5.17. The van der Waals surface area contributed by atoms with E-state index in [1.807, 2.05) is 44.2 Å². The van der Waals surface area contributed by atoms with Crippen LogP contribution in [0.5, 0.6) is 0 Å². The van der Waals surface area contributed by atoms with E-state index in [0.717, 1.165) is 11.1 Å². The van der Waals surface area contributed by atoms with Crippen molar-refractivity contribution in [1.82, 2.24) is 5.32 Å². The summed E-state index contributed by atoms with van der Waals surface area (Å²) < 4.78 is 5.10. The minimum atomic E-state index is -0.353. The molecular weight excluding hydrogens is 328 g/mol. The lowest BCUT2D eigenvalue weighted by Gasteiger charge is -2.15. The van der Waals surface area contributed by atoms with Gasteiger partial charge < -0.3 is 15.1 Å². The third kappa shape index (κ3) is 4.00. The molecule has 0 saturated carbocycles. The van der Waals surface area contributed by atoms with E-state index in [-0.39, 0.29) is 23.6 Å². The van der Waals surface area contributed by atoms with Gasteiger partial charge in [0.15, 0.2) is 5.76 Å². The Morgan fingerprint density at radius 1 is 0.962 bits per heavy atom. The molecule has 0 bridgehead atoms. The van der Waals surface area contributed by atoms with E-state index in [4.69, 9.17) is 4.42 Å². The molecule has 0 spiro atoms. The number of amides is 2. The molecule has 0 aliphatic rings.